The lowest BCUT2D eigenvalue weighted by Gasteiger charge is -2.30. The minimum atomic E-state index is 0.337. The third kappa shape index (κ3) is 10.0. The van der Waals surface area contributed by atoms with Crippen LogP contribution in [0.25, 0.3) is 0 Å². The number of hydrogen-bond acceptors (Lipinski definition) is 4. The Morgan fingerprint density at radius 2 is 1.65 bits per heavy atom. The first-order chi connectivity index (χ1) is 15.2. The molecule has 1 aliphatic carbocycles. The molecule has 0 heterocycles. The molecule has 0 bridgehead atoms. The Morgan fingerprint density at radius 1 is 0.935 bits per heavy atom. The highest BCUT2D eigenvalue weighted by Gasteiger charge is 2.33. The van der Waals surface area contributed by atoms with Crippen molar-refractivity contribution in [3.63, 3.8) is 0 Å². The molecular weight excluding hydrogens is 390 g/mol. The van der Waals surface area contributed by atoms with Crippen LogP contribution in [0.2, 0.25) is 0 Å². The molecular formula is C25H43N3O3. The fraction of sp³-hybridized carbons (Fsp3) is 0.720. The molecule has 0 aromatic heterocycles. The molecule has 1 saturated carbocycles. The van der Waals surface area contributed by atoms with E-state index in [0.29, 0.717) is 31.8 Å². The zero-order chi connectivity index (χ0) is 22.2. The molecule has 2 rings (SSSR count). The van der Waals surface area contributed by atoms with Crippen LogP contribution in [0, 0.1) is 5.41 Å². The summed E-state index contributed by atoms with van der Waals surface area (Å²) in [7, 11) is 0. The minimum Gasteiger partial charge on any atom is -0.382 e. The van der Waals surface area contributed by atoms with E-state index in [4.69, 9.17) is 19.2 Å². The monoisotopic (exact) mass is 433 g/mol. The van der Waals surface area contributed by atoms with Crippen molar-refractivity contribution in [3.8, 4) is 0 Å². The van der Waals surface area contributed by atoms with Gasteiger partial charge in [0.15, 0.2) is 5.96 Å². The van der Waals surface area contributed by atoms with Crippen LogP contribution in [0.15, 0.2) is 29.3 Å². The lowest BCUT2D eigenvalue weighted by atomic mass is 9.83. The molecule has 6 nitrogen and oxygen atoms in total. The van der Waals surface area contributed by atoms with E-state index >= 15 is 0 Å². The van der Waals surface area contributed by atoms with Crippen molar-refractivity contribution in [2.24, 2.45) is 10.4 Å². The summed E-state index contributed by atoms with van der Waals surface area (Å²) in [6, 6.07) is 8.47. The predicted molar refractivity (Wildman–Crippen MR) is 127 cm³/mol. The van der Waals surface area contributed by atoms with Crippen LogP contribution in [0.5, 0.6) is 0 Å². The van der Waals surface area contributed by atoms with Gasteiger partial charge in [0, 0.05) is 32.9 Å². The molecule has 1 fully saturated rings. The maximum atomic E-state index is 5.69. The van der Waals surface area contributed by atoms with Crippen molar-refractivity contribution in [1.82, 2.24) is 10.6 Å². The molecule has 0 atom stereocenters. The van der Waals surface area contributed by atoms with E-state index in [2.05, 4.69) is 48.7 Å². The molecule has 176 valence electrons. The van der Waals surface area contributed by atoms with Crippen LogP contribution >= 0.6 is 0 Å². The molecule has 0 aliphatic heterocycles. The third-order valence-electron chi connectivity index (χ3n) is 5.88. The first kappa shape index (κ1) is 25.6. The van der Waals surface area contributed by atoms with Crippen molar-refractivity contribution < 1.29 is 14.2 Å². The van der Waals surface area contributed by atoms with Gasteiger partial charge in [-0.2, -0.15) is 0 Å². The Morgan fingerprint density at radius 3 is 2.39 bits per heavy atom. The van der Waals surface area contributed by atoms with Gasteiger partial charge in [0.2, 0.25) is 0 Å². The molecule has 1 aromatic carbocycles. The van der Waals surface area contributed by atoms with Gasteiger partial charge in [0.1, 0.15) is 0 Å². The quantitative estimate of drug-likeness (QED) is 0.246. The Labute approximate surface area is 189 Å². The zero-order valence-electron chi connectivity index (χ0n) is 19.9. The minimum absolute atomic E-state index is 0.337. The van der Waals surface area contributed by atoms with Crippen LogP contribution in [0.4, 0.5) is 0 Å². The largest absolute Gasteiger partial charge is 0.382 e. The fourth-order valence-corrected chi connectivity index (χ4v) is 4.13. The second-order valence-corrected chi connectivity index (χ2v) is 8.27. The topological polar surface area (TPSA) is 64.1 Å². The summed E-state index contributed by atoms with van der Waals surface area (Å²) in [6.07, 6.45) is 6.32. The van der Waals surface area contributed by atoms with Gasteiger partial charge in [0.25, 0.3) is 0 Å². The highest BCUT2D eigenvalue weighted by Crippen LogP contribution is 2.40. The zero-order valence-corrected chi connectivity index (χ0v) is 19.9. The Hall–Kier alpha value is -1.63. The van der Waals surface area contributed by atoms with E-state index in [1.165, 1.54) is 36.8 Å². The normalized spacial score (nSPS) is 15.9. The van der Waals surface area contributed by atoms with Gasteiger partial charge in [-0.3, -0.25) is 0 Å². The fourth-order valence-electron chi connectivity index (χ4n) is 4.13. The molecule has 0 radical (unpaired) electrons. The maximum Gasteiger partial charge on any atom is 0.191 e. The molecule has 1 aromatic rings. The lowest BCUT2D eigenvalue weighted by Crippen LogP contribution is -2.43. The number of hydrogen-bond donors (Lipinski definition) is 2. The average Bonchev–Trinajstić information content (AvgIpc) is 3.25. The summed E-state index contributed by atoms with van der Waals surface area (Å²) in [5.74, 6) is 0.892. The number of aliphatic imine (C=N–C) groups is 1. The lowest BCUT2D eigenvalue weighted by molar-refractivity contribution is 0.0453. The number of benzene rings is 1. The van der Waals surface area contributed by atoms with Gasteiger partial charge < -0.3 is 24.8 Å². The Kier molecular flexibility index (Phi) is 12.6. The highest BCUT2D eigenvalue weighted by molar-refractivity contribution is 5.79. The Balaban J connectivity index is 1.88. The number of rotatable bonds is 15. The molecule has 2 N–H and O–H groups in total. The molecule has 1 aliphatic rings. The highest BCUT2D eigenvalue weighted by atomic mass is 16.5. The SMILES string of the molecule is CCNC(=NCc1cccc(COCCOCC)c1)NCC1(CCOCC)CCCC1. The summed E-state index contributed by atoms with van der Waals surface area (Å²) in [6.45, 7) is 12.9. The van der Waals surface area contributed by atoms with Crippen LogP contribution in [-0.2, 0) is 27.4 Å². The second kappa shape index (κ2) is 15.2. The number of ether oxygens (including phenoxy) is 3. The molecule has 0 saturated heterocycles. The van der Waals surface area contributed by atoms with Crippen LogP contribution < -0.4 is 10.6 Å². The molecule has 0 amide bonds. The Bertz CT molecular complexity index is 630. The van der Waals surface area contributed by atoms with Crippen LogP contribution in [-0.4, -0.2) is 52.1 Å². The van der Waals surface area contributed by atoms with E-state index in [0.717, 1.165) is 45.3 Å². The van der Waals surface area contributed by atoms with Crippen molar-refractivity contribution >= 4 is 5.96 Å². The molecule has 0 unspecified atom stereocenters. The van der Waals surface area contributed by atoms with Gasteiger partial charge in [-0.25, -0.2) is 4.99 Å². The van der Waals surface area contributed by atoms with Crippen LogP contribution in [0.1, 0.15) is 64.0 Å². The van der Waals surface area contributed by atoms with E-state index in [1.54, 1.807) is 0 Å². The van der Waals surface area contributed by atoms with Crippen molar-refractivity contribution in [3.05, 3.63) is 35.4 Å². The number of nitrogens with one attached hydrogen (secondary N) is 2. The van der Waals surface area contributed by atoms with Gasteiger partial charge >= 0.3 is 0 Å². The molecule has 31 heavy (non-hydrogen) atoms. The number of guanidine groups is 1. The first-order valence-corrected chi connectivity index (χ1v) is 12.0. The van der Waals surface area contributed by atoms with E-state index in [9.17, 15) is 0 Å². The third-order valence-corrected chi connectivity index (χ3v) is 5.88. The van der Waals surface area contributed by atoms with E-state index < -0.39 is 0 Å². The first-order valence-electron chi connectivity index (χ1n) is 12.0. The molecule has 0 spiro atoms. The molecule has 6 heteroatoms. The number of nitrogens with zero attached hydrogens (tertiary/aromatic N) is 1. The van der Waals surface area contributed by atoms with E-state index in [-0.39, 0.29) is 0 Å². The summed E-state index contributed by atoms with van der Waals surface area (Å²) in [4.78, 5) is 4.84. The average molecular weight is 434 g/mol. The van der Waals surface area contributed by atoms with Gasteiger partial charge in [-0.15, -0.1) is 0 Å². The van der Waals surface area contributed by atoms with Crippen LogP contribution in [0.3, 0.4) is 0 Å². The summed E-state index contributed by atoms with van der Waals surface area (Å²) >= 11 is 0. The summed E-state index contributed by atoms with van der Waals surface area (Å²) in [5.41, 5.74) is 2.70. The van der Waals surface area contributed by atoms with Gasteiger partial charge in [-0.05, 0) is 56.6 Å². The smallest absolute Gasteiger partial charge is 0.191 e. The standard InChI is InChI=1S/C25H43N3O3/c1-4-26-24(28-21-25(12-7-8-13-25)14-15-29-5-2)27-19-22-10-9-11-23(18-22)20-31-17-16-30-6-3/h9-11,18H,4-8,12-17,19-21H2,1-3H3,(H2,26,27,28). The summed E-state index contributed by atoms with van der Waals surface area (Å²) in [5, 5.41) is 7.01. The van der Waals surface area contributed by atoms with E-state index in [1.807, 2.05) is 6.92 Å². The van der Waals surface area contributed by atoms with Gasteiger partial charge in [-0.1, -0.05) is 37.1 Å². The van der Waals surface area contributed by atoms with Crippen molar-refractivity contribution in [1.29, 1.82) is 0 Å². The second-order valence-electron chi connectivity index (χ2n) is 8.27. The van der Waals surface area contributed by atoms with Gasteiger partial charge in [0.05, 0.1) is 26.4 Å². The van der Waals surface area contributed by atoms with Crippen molar-refractivity contribution in [2.75, 3.05) is 46.1 Å². The van der Waals surface area contributed by atoms with Crippen molar-refractivity contribution in [2.45, 2.75) is 66.0 Å². The predicted octanol–water partition coefficient (Wildman–Crippen LogP) is 4.28. The summed E-state index contributed by atoms with van der Waals surface area (Å²) < 4.78 is 16.7. The maximum absolute atomic E-state index is 5.69.